The van der Waals surface area contributed by atoms with Crippen molar-refractivity contribution in [3.63, 3.8) is 0 Å². The van der Waals surface area contributed by atoms with Crippen molar-refractivity contribution in [3.05, 3.63) is 12.4 Å². The van der Waals surface area contributed by atoms with Gasteiger partial charge < -0.3 is 18.9 Å². The maximum absolute atomic E-state index is 5.74. The monoisotopic (exact) mass is 392 g/mol. The molecule has 28 heavy (non-hydrogen) atoms. The summed E-state index contributed by atoms with van der Waals surface area (Å²) in [4.78, 5) is 0. The minimum absolute atomic E-state index is 0.0457. The van der Waals surface area contributed by atoms with Crippen molar-refractivity contribution in [1.82, 2.24) is 30.0 Å². The Morgan fingerprint density at radius 3 is 1.46 bits per heavy atom. The van der Waals surface area contributed by atoms with Gasteiger partial charge in [0.2, 0.25) is 0 Å². The van der Waals surface area contributed by atoms with Crippen LogP contribution in [0.3, 0.4) is 0 Å². The van der Waals surface area contributed by atoms with Gasteiger partial charge >= 0.3 is 0 Å². The molecule has 2 aliphatic heterocycles. The Labute approximate surface area is 164 Å². The molecule has 10 nitrogen and oxygen atoms in total. The lowest BCUT2D eigenvalue weighted by molar-refractivity contribution is -0.227. The van der Waals surface area contributed by atoms with Crippen LogP contribution in [0.2, 0.25) is 0 Å². The highest BCUT2D eigenvalue weighted by Crippen LogP contribution is 2.25. The fraction of sp³-hybridized carbons (Fsp3) is 0.778. The van der Waals surface area contributed by atoms with E-state index in [4.69, 9.17) is 18.9 Å². The first kappa shape index (κ1) is 19.4. The molecule has 2 aromatic heterocycles. The van der Waals surface area contributed by atoms with E-state index in [2.05, 4.69) is 48.3 Å². The average molecular weight is 392 g/mol. The largest absolute Gasteiger partial charge is 0.350 e. The molecule has 10 heteroatoms. The van der Waals surface area contributed by atoms with Crippen LogP contribution >= 0.6 is 0 Å². The van der Waals surface area contributed by atoms with Crippen molar-refractivity contribution in [3.8, 4) is 11.4 Å². The van der Waals surface area contributed by atoms with E-state index in [1.54, 1.807) is 9.36 Å². The normalized spacial score (nSPS) is 23.1. The van der Waals surface area contributed by atoms with Crippen molar-refractivity contribution < 1.29 is 18.9 Å². The average Bonchev–Trinajstić information content (AvgIpc) is 3.28. The molecule has 0 amide bonds. The van der Waals surface area contributed by atoms with Crippen LogP contribution in [0.4, 0.5) is 0 Å². The quantitative estimate of drug-likeness (QED) is 0.752. The molecule has 0 radical (unpaired) electrons. The van der Waals surface area contributed by atoms with Crippen molar-refractivity contribution >= 4 is 0 Å². The summed E-state index contributed by atoms with van der Waals surface area (Å²) in [6.45, 7) is 12.1. The smallest absolute Gasteiger partial charge is 0.177 e. The summed E-state index contributed by atoms with van der Waals surface area (Å²) >= 11 is 0. The van der Waals surface area contributed by atoms with Crippen LogP contribution in [-0.2, 0) is 32.0 Å². The molecular formula is C18H28N6O4. The van der Waals surface area contributed by atoms with Gasteiger partial charge in [0.05, 0.1) is 51.9 Å². The van der Waals surface area contributed by atoms with Gasteiger partial charge in [0.15, 0.2) is 12.6 Å². The third-order valence-corrected chi connectivity index (χ3v) is 4.65. The summed E-state index contributed by atoms with van der Waals surface area (Å²) in [5.74, 6) is 0. The first-order chi connectivity index (χ1) is 13.3. The predicted molar refractivity (Wildman–Crippen MR) is 98.0 cm³/mol. The van der Waals surface area contributed by atoms with Gasteiger partial charge in [0.1, 0.15) is 11.4 Å². The summed E-state index contributed by atoms with van der Waals surface area (Å²) in [6.07, 6.45) is 3.00. The van der Waals surface area contributed by atoms with E-state index in [1.165, 1.54) is 0 Å². The molecule has 2 aromatic rings. The van der Waals surface area contributed by atoms with E-state index in [0.717, 1.165) is 0 Å². The summed E-state index contributed by atoms with van der Waals surface area (Å²) in [6, 6.07) is 0. The van der Waals surface area contributed by atoms with Crippen molar-refractivity contribution in [2.45, 2.75) is 53.4 Å². The highest BCUT2D eigenvalue weighted by molar-refractivity contribution is 5.49. The van der Waals surface area contributed by atoms with Gasteiger partial charge in [-0.25, -0.2) is 9.36 Å². The van der Waals surface area contributed by atoms with E-state index in [-0.39, 0.29) is 23.4 Å². The van der Waals surface area contributed by atoms with Crippen LogP contribution in [0.15, 0.2) is 12.4 Å². The van der Waals surface area contributed by atoms with Gasteiger partial charge in [0.25, 0.3) is 0 Å². The molecule has 0 unspecified atom stereocenters. The zero-order valence-electron chi connectivity index (χ0n) is 16.9. The Bertz CT molecular complexity index is 715. The van der Waals surface area contributed by atoms with Crippen molar-refractivity contribution in [1.29, 1.82) is 0 Å². The van der Waals surface area contributed by atoms with Crippen molar-refractivity contribution in [2.24, 2.45) is 10.8 Å². The zero-order chi connectivity index (χ0) is 19.8. The SMILES string of the molecule is CC1(C)COC(Cn2cc(-c3cn(CC4OCC(C)(C)CO4)nn3)nn2)OC1. The second-order valence-corrected chi connectivity index (χ2v) is 9.08. The number of nitrogens with zero attached hydrogens (tertiary/aromatic N) is 6. The lowest BCUT2D eigenvalue weighted by Gasteiger charge is -2.34. The molecule has 154 valence electrons. The summed E-state index contributed by atoms with van der Waals surface area (Å²) in [5, 5.41) is 16.7. The van der Waals surface area contributed by atoms with E-state index in [9.17, 15) is 0 Å². The van der Waals surface area contributed by atoms with Gasteiger partial charge in [-0.3, -0.25) is 0 Å². The lowest BCUT2D eigenvalue weighted by atomic mass is 9.96. The molecule has 0 aliphatic carbocycles. The topological polar surface area (TPSA) is 98.3 Å². The summed E-state index contributed by atoms with van der Waals surface area (Å²) in [5.41, 5.74) is 1.39. The lowest BCUT2D eigenvalue weighted by Crippen LogP contribution is -2.39. The molecule has 2 saturated heterocycles. The first-order valence-corrected chi connectivity index (χ1v) is 9.55. The molecule has 0 spiro atoms. The van der Waals surface area contributed by atoms with Gasteiger partial charge in [-0.1, -0.05) is 38.1 Å². The third kappa shape index (κ3) is 4.75. The number of ether oxygens (including phenoxy) is 4. The molecule has 2 fully saturated rings. The molecule has 0 atom stereocenters. The Balaban J connectivity index is 1.32. The van der Waals surface area contributed by atoms with Crippen LogP contribution in [-0.4, -0.2) is 69.0 Å². The molecular weight excluding hydrogens is 364 g/mol. The Hall–Kier alpha value is -1.88. The third-order valence-electron chi connectivity index (χ3n) is 4.65. The van der Waals surface area contributed by atoms with Gasteiger partial charge in [-0.05, 0) is 0 Å². The minimum Gasteiger partial charge on any atom is -0.350 e. The first-order valence-electron chi connectivity index (χ1n) is 9.55. The molecule has 2 aliphatic rings. The summed E-state index contributed by atoms with van der Waals surface area (Å²) in [7, 11) is 0. The Kier molecular flexibility index (Phi) is 5.21. The van der Waals surface area contributed by atoms with Gasteiger partial charge in [-0.15, -0.1) is 10.2 Å². The van der Waals surface area contributed by atoms with Crippen molar-refractivity contribution in [2.75, 3.05) is 26.4 Å². The highest BCUT2D eigenvalue weighted by Gasteiger charge is 2.30. The number of hydrogen-bond acceptors (Lipinski definition) is 8. The van der Waals surface area contributed by atoms with Crippen LogP contribution in [0, 0.1) is 10.8 Å². The second kappa shape index (κ2) is 7.51. The fourth-order valence-electron chi connectivity index (χ4n) is 2.98. The molecule has 4 heterocycles. The number of aromatic nitrogens is 6. The Morgan fingerprint density at radius 2 is 1.11 bits per heavy atom. The van der Waals surface area contributed by atoms with E-state index >= 15 is 0 Å². The molecule has 0 saturated carbocycles. The zero-order valence-corrected chi connectivity index (χ0v) is 16.9. The molecule has 0 aromatic carbocycles. The van der Waals surface area contributed by atoms with Crippen LogP contribution < -0.4 is 0 Å². The Morgan fingerprint density at radius 1 is 0.750 bits per heavy atom. The maximum Gasteiger partial charge on any atom is 0.177 e. The number of rotatable bonds is 5. The van der Waals surface area contributed by atoms with Crippen LogP contribution in [0.1, 0.15) is 27.7 Å². The molecule has 4 rings (SSSR count). The second-order valence-electron chi connectivity index (χ2n) is 9.08. The van der Waals surface area contributed by atoms with E-state index < -0.39 is 0 Å². The van der Waals surface area contributed by atoms with Crippen LogP contribution in [0.5, 0.6) is 0 Å². The fourth-order valence-corrected chi connectivity index (χ4v) is 2.98. The van der Waals surface area contributed by atoms with E-state index in [1.807, 2.05) is 12.4 Å². The minimum atomic E-state index is -0.317. The summed E-state index contributed by atoms with van der Waals surface area (Å²) < 4.78 is 26.4. The van der Waals surface area contributed by atoms with Gasteiger partial charge in [-0.2, -0.15) is 0 Å². The van der Waals surface area contributed by atoms with E-state index in [0.29, 0.717) is 50.9 Å². The molecule has 0 bridgehead atoms. The highest BCUT2D eigenvalue weighted by atomic mass is 16.7. The molecule has 0 N–H and O–H groups in total. The van der Waals surface area contributed by atoms with Crippen LogP contribution in [0.25, 0.3) is 11.4 Å². The van der Waals surface area contributed by atoms with Gasteiger partial charge in [0, 0.05) is 10.8 Å². The number of hydrogen-bond donors (Lipinski definition) is 0. The maximum atomic E-state index is 5.74. The predicted octanol–water partition coefficient (Wildman–Crippen LogP) is 1.33. The standard InChI is InChI=1S/C18H28N6O4/c1-17(2)9-25-15(26-10-17)7-23-5-13(19-21-23)14-6-24(22-20-14)8-16-27-11-18(3,4)12-28-16/h5-6,15-16H,7-12H2,1-4H3.